The average molecular weight is 381 g/mol. The molecule has 0 aliphatic carbocycles. The molecule has 1 saturated heterocycles. The highest BCUT2D eigenvalue weighted by Gasteiger charge is 2.17. The average Bonchev–Trinajstić information content (AvgIpc) is 2.74. The number of morpholine rings is 1. The van der Waals surface area contributed by atoms with Crippen LogP contribution in [-0.4, -0.2) is 49.7 Å². The van der Waals surface area contributed by atoms with Crippen LogP contribution < -0.4 is 5.32 Å². The molecule has 1 atom stereocenters. The Morgan fingerprint density at radius 1 is 1.21 bits per heavy atom. The zero-order chi connectivity index (χ0) is 19.9. The van der Waals surface area contributed by atoms with Crippen LogP contribution in [0.4, 0.5) is 4.39 Å². The van der Waals surface area contributed by atoms with Crippen LogP contribution in [0.1, 0.15) is 29.3 Å². The van der Waals surface area contributed by atoms with Crippen LogP contribution in [0.2, 0.25) is 0 Å². The van der Waals surface area contributed by atoms with Gasteiger partial charge in [0.2, 0.25) is 0 Å². The maximum atomic E-state index is 13.5. The van der Waals surface area contributed by atoms with Gasteiger partial charge in [0.1, 0.15) is 11.9 Å². The van der Waals surface area contributed by atoms with Gasteiger partial charge in [0.05, 0.1) is 18.8 Å². The maximum absolute atomic E-state index is 13.5. The minimum absolute atomic E-state index is 0.00806. The number of nitrogens with zero attached hydrogens (tertiary/aromatic N) is 2. The van der Waals surface area contributed by atoms with E-state index in [1.807, 2.05) is 6.07 Å². The summed E-state index contributed by atoms with van der Waals surface area (Å²) in [4.78, 5) is 14.7. The molecule has 0 spiro atoms. The molecule has 0 saturated carbocycles. The van der Waals surface area contributed by atoms with Gasteiger partial charge >= 0.3 is 0 Å². The summed E-state index contributed by atoms with van der Waals surface area (Å²) in [5.41, 5.74) is 2.15. The van der Waals surface area contributed by atoms with Gasteiger partial charge < -0.3 is 10.1 Å². The van der Waals surface area contributed by atoms with Gasteiger partial charge in [-0.25, -0.2) is 4.39 Å². The van der Waals surface area contributed by atoms with E-state index in [9.17, 15) is 9.18 Å². The topological polar surface area (TPSA) is 65.4 Å². The number of nitriles is 1. The molecule has 1 amide bonds. The highest BCUT2D eigenvalue weighted by molar-refractivity contribution is 5.94. The first-order chi connectivity index (χ1) is 13.6. The Balaban J connectivity index is 1.54. The van der Waals surface area contributed by atoms with Crippen LogP contribution in [0, 0.1) is 17.1 Å². The first kappa shape index (κ1) is 20.0. The number of carbonyl (C=O) groups excluding carboxylic acids is 1. The summed E-state index contributed by atoms with van der Waals surface area (Å²) in [6, 6.07) is 13.8. The SMILES string of the molecule is C[C@H](CCNC(=O)c1ccc(-c2ccc(F)c(C#N)c2)cc1)N1CCOCC1. The zero-order valence-electron chi connectivity index (χ0n) is 16.0. The number of carbonyl (C=O) groups is 1. The first-order valence-electron chi connectivity index (χ1n) is 9.48. The van der Waals surface area contributed by atoms with Crippen LogP contribution in [-0.2, 0) is 4.74 Å². The number of benzene rings is 2. The van der Waals surface area contributed by atoms with Crippen LogP contribution in [0.15, 0.2) is 42.5 Å². The van der Waals surface area contributed by atoms with E-state index in [1.165, 1.54) is 12.1 Å². The summed E-state index contributed by atoms with van der Waals surface area (Å²) >= 11 is 0. The molecule has 146 valence electrons. The molecule has 0 bridgehead atoms. The van der Waals surface area contributed by atoms with Gasteiger partial charge in [-0.1, -0.05) is 18.2 Å². The lowest BCUT2D eigenvalue weighted by Crippen LogP contribution is -2.43. The van der Waals surface area contributed by atoms with Crippen molar-refractivity contribution in [2.45, 2.75) is 19.4 Å². The van der Waals surface area contributed by atoms with Gasteiger partial charge in [-0.15, -0.1) is 0 Å². The summed E-state index contributed by atoms with van der Waals surface area (Å²) in [6.45, 7) is 6.20. The molecule has 5 nitrogen and oxygen atoms in total. The van der Waals surface area contributed by atoms with Crippen LogP contribution in [0.5, 0.6) is 0 Å². The van der Waals surface area contributed by atoms with Crippen molar-refractivity contribution in [3.63, 3.8) is 0 Å². The number of hydrogen-bond acceptors (Lipinski definition) is 4. The second kappa shape index (κ2) is 9.45. The molecule has 0 aromatic heterocycles. The van der Waals surface area contributed by atoms with E-state index < -0.39 is 5.82 Å². The summed E-state index contributed by atoms with van der Waals surface area (Å²) in [5.74, 6) is -0.647. The Labute approximate surface area is 164 Å². The molecule has 1 N–H and O–H groups in total. The van der Waals surface area contributed by atoms with Crippen LogP contribution in [0.25, 0.3) is 11.1 Å². The second-order valence-electron chi connectivity index (χ2n) is 6.93. The summed E-state index contributed by atoms with van der Waals surface area (Å²) in [7, 11) is 0. The molecule has 28 heavy (non-hydrogen) atoms. The van der Waals surface area contributed by atoms with Crippen molar-refractivity contribution >= 4 is 5.91 Å². The smallest absolute Gasteiger partial charge is 0.251 e. The molecule has 1 aliphatic heterocycles. The van der Waals surface area contributed by atoms with Gasteiger partial charge in [0.15, 0.2) is 0 Å². The number of halogens is 1. The molecule has 1 heterocycles. The van der Waals surface area contributed by atoms with E-state index in [0.717, 1.165) is 43.9 Å². The van der Waals surface area contributed by atoms with E-state index in [4.69, 9.17) is 10.00 Å². The number of rotatable bonds is 6. The number of ether oxygens (including phenoxy) is 1. The molecule has 1 fully saturated rings. The molecule has 2 aromatic carbocycles. The number of hydrogen-bond donors (Lipinski definition) is 1. The standard InChI is InChI=1S/C22H24FN3O2/c1-16(26-10-12-28-13-11-26)8-9-25-22(27)18-4-2-17(3-5-18)19-6-7-21(23)20(14-19)15-24/h2-7,14,16H,8-13H2,1H3,(H,25,27)/t16-/m1/s1. The molecule has 3 rings (SSSR count). The van der Waals surface area contributed by atoms with Crippen molar-refractivity contribution in [1.29, 1.82) is 5.26 Å². The van der Waals surface area contributed by atoms with Gasteiger partial charge in [0, 0.05) is 31.2 Å². The predicted octanol–water partition coefficient (Wildman–Crippen LogP) is 3.20. The molecular weight excluding hydrogens is 357 g/mol. The Hall–Kier alpha value is -2.75. The van der Waals surface area contributed by atoms with Gasteiger partial charge in [-0.3, -0.25) is 9.69 Å². The molecular formula is C22H24FN3O2. The summed E-state index contributed by atoms with van der Waals surface area (Å²) in [6.07, 6.45) is 0.885. The molecule has 2 aromatic rings. The third kappa shape index (κ3) is 4.94. The fourth-order valence-electron chi connectivity index (χ4n) is 3.30. The highest BCUT2D eigenvalue weighted by Crippen LogP contribution is 2.22. The van der Waals surface area contributed by atoms with Crippen molar-refractivity contribution in [3.8, 4) is 17.2 Å². The van der Waals surface area contributed by atoms with Gasteiger partial charge in [0.25, 0.3) is 5.91 Å². The fraction of sp³-hybridized carbons (Fsp3) is 0.364. The van der Waals surface area contributed by atoms with Crippen molar-refractivity contribution < 1.29 is 13.9 Å². The van der Waals surface area contributed by atoms with Crippen molar-refractivity contribution in [1.82, 2.24) is 10.2 Å². The molecule has 0 unspecified atom stereocenters. The van der Waals surface area contributed by atoms with E-state index in [-0.39, 0.29) is 11.5 Å². The minimum Gasteiger partial charge on any atom is -0.379 e. The third-order valence-electron chi connectivity index (χ3n) is 5.08. The van der Waals surface area contributed by atoms with Crippen molar-refractivity contribution in [3.05, 3.63) is 59.4 Å². The first-order valence-corrected chi connectivity index (χ1v) is 9.48. The van der Waals surface area contributed by atoms with Crippen LogP contribution >= 0.6 is 0 Å². The minimum atomic E-state index is -0.534. The third-order valence-corrected chi connectivity index (χ3v) is 5.08. The monoisotopic (exact) mass is 381 g/mol. The largest absolute Gasteiger partial charge is 0.379 e. The summed E-state index contributed by atoms with van der Waals surface area (Å²) in [5, 5.41) is 11.9. The normalized spacial score (nSPS) is 15.6. The van der Waals surface area contributed by atoms with Crippen LogP contribution in [0.3, 0.4) is 0 Å². The van der Waals surface area contributed by atoms with E-state index in [2.05, 4.69) is 17.1 Å². The molecule has 1 aliphatic rings. The van der Waals surface area contributed by atoms with E-state index in [0.29, 0.717) is 18.2 Å². The zero-order valence-corrected chi connectivity index (χ0v) is 16.0. The molecule has 0 radical (unpaired) electrons. The second-order valence-corrected chi connectivity index (χ2v) is 6.93. The Morgan fingerprint density at radius 3 is 2.57 bits per heavy atom. The lowest BCUT2D eigenvalue weighted by atomic mass is 10.0. The highest BCUT2D eigenvalue weighted by atomic mass is 19.1. The van der Waals surface area contributed by atoms with Crippen molar-refractivity contribution in [2.24, 2.45) is 0 Å². The van der Waals surface area contributed by atoms with Gasteiger partial charge in [-0.2, -0.15) is 5.26 Å². The lowest BCUT2D eigenvalue weighted by Gasteiger charge is -2.32. The van der Waals surface area contributed by atoms with Gasteiger partial charge in [-0.05, 0) is 48.7 Å². The maximum Gasteiger partial charge on any atom is 0.251 e. The Kier molecular flexibility index (Phi) is 6.75. The van der Waals surface area contributed by atoms with E-state index >= 15 is 0 Å². The van der Waals surface area contributed by atoms with Crippen molar-refractivity contribution in [2.75, 3.05) is 32.8 Å². The fourth-order valence-corrected chi connectivity index (χ4v) is 3.30. The quantitative estimate of drug-likeness (QED) is 0.835. The number of nitrogens with one attached hydrogen (secondary N) is 1. The summed E-state index contributed by atoms with van der Waals surface area (Å²) < 4.78 is 18.8. The number of amides is 1. The predicted molar refractivity (Wildman–Crippen MR) is 105 cm³/mol. The van der Waals surface area contributed by atoms with E-state index in [1.54, 1.807) is 30.3 Å². The Morgan fingerprint density at radius 2 is 1.89 bits per heavy atom. The Bertz CT molecular complexity index is 855. The molecule has 6 heteroatoms. The lowest BCUT2D eigenvalue weighted by molar-refractivity contribution is 0.0187.